The monoisotopic (exact) mass is 348 g/mol. The minimum atomic E-state index is -0.0534. The number of carbonyl (C=O) groups excluding carboxylic acids is 1. The average molecular weight is 348 g/mol. The summed E-state index contributed by atoms with van der Waals surface area (Å²) >= 11 is 0. The van der Waals surface area contributed by atoms with E-state index < -0.39 is 0 Å². The number of hydrogen-bond acceptors (Lipinski definition) is 3. The highest BCUT2D eigenvalue weighted by atomic mass is 16.5. The third kappa shape index (κ3) is 2.69. The van der Waals surface area contributed by atoms with Crippen molar-refractivity contribution in [1.29, 1.82) is 0 Å². The van der Waals surface area contributed by atoms with Crippen LogP contribution in [0.25, 0.3) is 0 Å². The summed E-state index contributed by atoms with van der Waals surface area (Å²) in [5, 5.41) is 0. The highest BCUT2D eigenvalue weighted by Crippen LogP contribution is 2.39. The number of benzene rings is 2. The van der Waals surface area contributed by atoms with Crippen molar-refractivity contribution in [3.05, 3.63) is 60.2 Å². The van der Waals surface area contributed by atoms with Gasteiger partial charge in [0.1, 0.15) is 11.9 Å². The number of likely N-dealkylation sites (tertiary alicyclic amines) is 1. The number of ether oxygens (including phenoxy) is 1. The normalized spacial score (nSPS) is 25.8. The molecule has 0 N–H and O–H groups in total. The van der Waals surface area contributed by atoms with Gasteiger partial charge in [0.2, 0.25) is 5.91 Å². The van der Waals surface area contributed by atoms with Gasteiger partial charge in [-0.25, -0.2) is 0 Å². The molecule has 134 valence electrons. The molecule has 1 aliphatic carbocycles. The number of rotatable bonds is 3. The van der Waals surface area contributed by atoms with Crippen LogP contribution < -0.4 is 9.64 Å². The maximum atomic E-state index is 13.6. The lowest BCUT2D eigenvalue weighted by atomic mass is 9.91. The van der Waals surface area contributed by atoms with Crippen molar-refractivity contribution in [2.24, 2.45) is 0 Å². The van der Waals surface area contributed by atoms with Crippen LogP contribution in [0.2, 0.25) is 0 Å². The Morgan fingerprint density at radius 2 is 1.77 bits per heavy atom. The highest BCUT2D eigenvalue weighted by molar-refractivity contribution is 5.99. The molecule has 0 unspecified atom stereocenters. The smallest absolute Gasteiger partial charge is 0.244 e. The molecule has 0 radical (unpaired) electrons. The first-order chi connectivity index (χ1) is 12.8. The highest BCUT2D eigenvalue weighted by Gasteiger charge is 2.46. The van der Waals surface area contributed by atoms with Gasteiger partial charge in [-0.1, -0.05) is 48.9 Å². The Kier molecular flexibility index (Phi) is 3.93. The lowest BCUT2D eigenvalue weighted by Crippen LogP contribution is -2.51. The zero-order chi connectivity index (χ0) is 17.5. The Morgan fingerprint density at radius 3 is 2.54 bits per heavy atom. The lowest BCUT2D eigenvalue weighted by molar-refractivity contribution is -0.124. The second kappa shape index (κ2) is 6.44. The molecular formula is C22H24N2O2. The van der Waals surface area contributed by atoms with Gasteiger partial charge in [-0.3, -0.25) is 9.69 Å². The minimum Gasteiger partial charge on any atom is -0.487 e. The molecule has 2 heterocycles. The van der Waals surface area contributed by atoms with Crippen LogP contribution in [0.15, 0.2) is 54.6 Å². The van der Waals surface area contributed by atoms with E-state index in [1.165, 1.54) is 19.3 Å². The lowest BCUT2D eigenvalue weighted by Gasteiger charge is -2.39. The largest absolute Gasteiger partial charge is 0.487 e. The molecule has 3 aliphatic rings. The molecule has 26 heavy (non-hydrogen) atoms. The molecule has 4 nitrogen and oxygen atoms in total. The molecule has 5 rings (SSSR count). The summed E-state index contributed by atoms with van der Waals surface area (Å²) in [5.41, 5.74) is 2.03. The standard InChI is InChI=1S/C22H24N2O2/c25-22-20-13-18(15-23(20)17-9-6-10-17)26-21-12-5-4-11-19(21)24(22)14-16-7-2-1-3-8-16/h1-5,7-8,11-12,17-18,20H,6,9-10,13-15H2/t18-,20-/m0/s1. The Balaban J connectivity index is 1.53. The van der Waals surface area contributed by atoms with Gasteiger partial charge in [-0.15, -0.1) is 0 Å². The molecule has 1 saturated carbocycles. The van der Waals surface area contributed by atoms with Gasteiger partial charge in [-0.05, 0) is 30.5 Å². The zero-order valence-electron chi connectivity index (χ0n) is 14.9. The summed E-state index contributed by atoms with van der Waals surface area (Å²) in [4.78, 5) is 18.0. The molecule has 0 aromatic heterocycles. The molecule has 2 aliphatic heterocycles. The zero-order valence-corrected chi connectivity index (χ0v) is 14.9. The van der Waals surface area contributed by atoms with Gasteiger partial charge in [0.15, 0.2) is 0 Å². The third-order valence-corrected chi connectivity index (χ3v) is 6.03. The summed E-state index contributed by atoms with van der Waals surface area (Å²) in [6.45, 7) is 1.45. The van der Waals surface area contributed by atoms with Crippen LogP contribution in [0.3, 0.4) is 0 Å². The van der Waals surface area contributed by atoms with Crippen molar-refractivity contribution >= 4 is 11.6 Å². The fraction of sp³-hybridized carbons (Fsp3) is 0.409. The van der Waals surface area contributed by atoms with Crippen molar-refractivity contribution in [2.75, 3.05) is 11.4 Å². The Morgan fingerprint density at radius 1 is 1.00 bits per heavy atom. The van der Waals surface area contributed by atoms with E-state index >= 15 is 0 Å². The summed E-state index contributed by atoms with van der Waals surface area (Å²) in [5.74, 6) is 1.05. The van der Waals surface area contributed by atoms with Crippen molar-refractivity contribution in [2.45, 2.75) is 50.4 Å². The van der Waals surface area contributed by atoms with E-state index in [1.54, 1.807) is 0 Å². The first-order valence-corrected chi connectivity index (χ1v) is 9.66. The van der Waals surface area contributed by atoms with E-state index in [9.17, 15) is 4.79 Å². The number of fused-ring (bicyclic) bond motifs is 3. The van der Waals surface area contributed by atoms with E-state index in [0.29, 0.717) is 12.6 Å². The van der Waals surface area contributed by atoms with Crippen molar-refractivity contribution in [3.63, 3.8) is 0 Å². The van der Waals surface area contributed by atoms with Gasteiger partial charge in [-0.2, -0.15) is 0 Å². The molecule has 2 aromatic carbocycles. The van der Waals surface area contributed by atoms with E-state index in [0.717, 1.165) is 30.0 Å². The summed E-state index contributed by atoms with van der Waals surface area (Å²) in [7, 11) is 0. The van der Waals surface area contributed by atoms with Crippen LogP contribution in [-0.4, -0.2) is 35.5 Å². The van der Waals surface area contributed by atoms with Crippen LogP contribution in [-0.2, 0) is 11.3 Å². The summed E-state index contributed by atoms with van der Waals surface area (Å²) in [6.07, 6.45) is 4.62. The molecule has 2 aromatic rings. The Hall–Kier alpha value is -2.33. The molecule has 2 atom stereocenters. The first kappa shape index (κ1) is 15.9. The quantitative estimate of drug-likeness (QED) is 0.849. The van der Waals surface area contributed by atoms with Gasteiger partial charge >= 0.3 is 0 Å². The van der Waals surface area contributed by atoms with E-state index in [1.807, 2.05) is 47.4 Å². The first-order valence-electron chi connectivity index (χ1n) is 9.66. The van der Waals surface area contributed by atoms with Crippen molar-refractivity contribution < 1.29 is 9.53 Å². The molecular weight excluding hydrogens is 324 g/mol. The average Bonchev–Trinajstić information content (AvgIpc) is 3.03. The van der Waals surface area contributed by atoms with Crippen molar-refractivity contribution in [3.8, 4) is 5.75 Å². The predicted molar refractivity (Wildman–Crippen MR) is 101 cm³/mol. The molecule has 2 fully saturated rings. The Bertz CT molecular complexity index is 803. The van der Waals surface area contributed by atoms with Gasteiger partial charge in [0.05, 0.1) is 18.3 Å². The van der Waals surface area contributed by atoms with Gasteiger partial charge in [0.25, 0.3) is 0 Å². The fourth-order valence-corrected chi connectivity index (χ4v) is 4.46. The number of para-hydroxylation sites is 2. The molecule has 4 heteroatoms. The molecule has 0 spiro atoms. The van der Waals surface area contributed by atoms with Crippen LogP contribution in [0.5, 0.6) is 5.75 Å². The maximum Gasteiger partial charge on any atom is 0.244 e. The van der Waals surface area contributed by atoms with E-state index in [-0.39, 0.29) is 18.1 Å². The summed E-state index contributed by atoms with van der Waals surface area (Å²) < 4.78 is 6.36. The second-order valence-corrected chi connectivity index (χ2v) is 7.65. The van der Waals surface area contributed by atoms with E-state index in [2.05, 4.69) is 17.0 Å². The number of nitrogens with zero attached hydrogens (tertiary/aromatic N) is 2. The molecule has 1 amide bonds. The van der Waals surface area contributed by atoms with Crippen LogP contribution in [0.1, 0.15) is 31.2 Å². The molecule has 1 saturated heterocycles. The number of carbonyl (C=O) groups is 1. The number of anilines is 1. The minimum absolute atomic E-state index is 0.0534. The van der Waals surface area contributed by atoms with Crippen LogP contribution >= 0.6 is 0 Å². The fourth-order valence-electron chi connectivity index (χ4n) is 4.46. The van der Waals surface area contributed by atoms with E-state index in [4.69, 9.17) is 4.74 Å². The maximum absolute atomic E-state index is 13.6. The SMILES string of the molecule is O=C1[C@@H]2C[C@@H](CN2C2CCC2)Oc2ccccc2N1Cc1ccccc1. The number of hydrogen-bond donors (Lipinski definition) is 0. The van der Waals surface area contributed by atoms with Crippen LogP contribution in [0, 0.1) is 0 Å². The molecule has 2 bridgehead atoms. The third-order valence-electron chi connectivity index (χ3n) is 6.03. The van der Waals surface area contributed by atoms with Crippen molar-refractivity contribution in [1.82, 2.24) is 4.90 Å². The second-order valence-electron chi connectivity index (χ2n) is 7.65. The van der Waals surface area contributed by atoms with Gasteiger partial charge < -0.3 is 9.64 Å². The van der Waals surface area contributed by atoms with Gasteiger partial charge in [0, 0.05) is 19.0 Å². The number of amides is 1. The summed E-state index contributed by atoms with van der Waals surface area (Å²) in [6, 6.07) is 18.7. The Labute approximate surface area is 154 Å². The topological polar surface area (TPSA) is 32.8 Å². The van der Waals surface area contributed by atoms with Crippen LogP contribution in [0.4, 0.5) is 5.69 Å². The predicted octanol–water partition coefficient (Wildman–Crippen LogP) is 3.61.